The minimum atomic E-state index is 1.11. The smallest absolute Gasteiger partial charge is 0.0228 e. The lowest BCUT2D eigenvalue weighted by atomic mass is 10.0. The van der Waals surface area contributed by atoms with Crippen molar-refractivity contribution in [2.45, 2.75) is 47.0 Å². The van der Waals surface area contributed by atoms with Gasteiger partial charge in [-0.25, -0.2) is 0 Å². The molecule has 0 bridgehead atoms. The van der Waals surface area contributed by atoms with Crippen molar-refractivity contribution in [1.82, 2.24) is 0 Å². The Hall–Kier alpha value is -1.04. The Morgan fingerprint density at radius 3 is 2.33 bits per heavy atom. The van der Waals surface area contributed by atoms with Crippen molar-refractivity contribution in [3.8, 4) is 0 Å². The molecule has 0 N–H and O–H groups in total. The monoisotopic (exact) mass is 204 g/mol. The van der Waals surface area contributed by atoms with Gasteiger partial charge in [0, 0.05) is 0 Å². The molecule has 84 valence electrons. The number of benzene rings is 1. The highest BCUT2D eigenvalue weighted by molar-refractivity contribution is 5.53. The molecule has 0 aromatic heterocycles. The molecule has 0 heteroatoms. The van der Waals surface area contributed by atoms with Crippen LogP contribution in [-0.2, 0) is 6.42 Å². The van der Waals surface area contributed by atoms with Gasteiger partial charge in [-0.15, -0.1) is 0 Å². The second-order valence-electron chi connectivity index (χ2n) is 3.26. The third-order valence-corrected chi connectivity index (χ3v) is 2.11. The summed E-state index contributed by atoms with van der Waals surface area (Å²) in [4.78, 5) is 0. The van der Waals surface area contributed by atoms with Crippen LogP contribution in [-0.4, -0.2) is 0 Å². The van der Waals surface area contributed by atoms with Gasteiger partial charge in [-0.1, -0.05) is 70.5 Å². The SMILES string of the molecule is CC.CC/C=C/c1ccccc1CCC. The minimum absolute atomic E-state index is 1.11. The number of hydrogen-bond donors (Lipinski definition) is 0. The maximum absolute atomic E-state index is 2.23. The molecule has 1 rings (SSSR count). The minimum Gasteiger partial charge on any atom is -0.0842 e. The first kappa shape index (κ1) is 14.0. The lowest BCUT2D eigenvalue weighted by Gasteiger charge is -2.03. The largest absolute Gasteiger partial charge is 0.0842 e. The summed E-state index contributed by atoms with van der Waals surface area (Å²) in [5, 5.41) is 0. The average molecular weight is 204 g/mol. The molecule has 1 aromatic rings. The molecule has 0 saturated heterocycles. The van der Waals surface area contributed by atoms with Crippen LogP contribution in [0.4, 0.5) is 0 Å². The van der Waals surface area contributed by atoms with Crippen molar-refractivity contribution in [1.29, 1.82) is 0 Å². The topological polar surface area (TPSA) is 0 Å². The molecule has 0 radical (unpaired) electrons. The van der Waals surface area contributed by atoms with E-state index in [1.165, 1.54) is 24.0 Å². The predicted molar refractivity (Wildman–Crippen MR) is 71.1 cm³/mol. The molecule has 0 saturated carbocycles. The first-order valence-corrected chi connectivity index (χ1v) is 6.13. The number of aryl methyl sites for hydroxylation is 1. The molecule has 0 spiro atoms. The molecule has 0 heterocycles. The Kier molecular flexibility index (Phi) is 8.85. The van der Waals surface area contributed by atoms with Crippen LogP contribution in [0.2, 0.25) is 0 Å². The predicted octanol–water partition coefficient (Wildman–Crippen LogP) is 5.09. The Morgan fingerprint density at radius 1 is 1.07 bits per heavy atom. The average Bonchev–Trinajstić information content (AvgIpc) is 2.31. The van der Waals surface area contributed by atoms with E-state index in [9.17, 15) is 0 Å². The summed E-state index contributed by atoms with van der Waals surface area (Å²) in [7, 11) is 0. The second-order valence-corrected chi connectivity index (χ2v) is 3.26. The van der Waals surface area contributed by atoms with Crippen LogP contribution in [0, 0.1) is 0 Å². The van der Waals surface area contributed by atoms with E-state index in [2.05, 4.69) is 50.3 Å². The maximum atomic E-state index is 2.23. The van der Waals surface area contributed by atoms with Gasteiger partial charge < -0.3 is 0 Å². The molecule has 0 amide bonds. The number of allylic oxidation sites excluding steroid dienone is 1. The molecule has 15 heavy (non-hydrogen) atoms. The van der Waals surface area contributed by atoms with Crippen molar-refractivity contribution < 1.29 is 0 Å². The van der Waals surface area contributed by atoms with Gasteiger partial charge in [0.15, 0.2) is 0 Å². The zero-order chi connectivity index (χ0) is 11.5. The Bertz CT molecular complexity index is 271. The normalized spacial score (nSPS) is 9.87. The van der Waals surface area contributed by atoms with Gasteiger partial charge in [0.1, 0.15) is 0 Å². The molecule has 0 fully saturated rings. The summed E-state index contributed by atoms with van der Waals surface area (Å²) in [6.07, 6.45) is 7.96. The van der Waals surface area contributed by atoms with Crippen LogP contribution in [0.5, 0.6) is 0 Å². The van der Waals surface area contributed by atoms with Gasteiger partial charge >= 0.3 is 0 Å². The van der Waals surface area contributed by atoms with Gasteiger partial charge in [0.25, 0.3) is 0 Å². The zero-order valence-electron chi connectivity index (χ0n) is 10.6. The van der Waals surface area contributed by atoms with Crippen LogP contribution in [0.1, 0.15) is 51.7 Å². The van der Waals surface area contributed by atoms with Crippen molar-refractivity contribution in [3.63, 3.8) is 0 Å². The maximum Gasteiger partial charge on any atom is -0.0228 e. The summed E-state index contributed by atoms with van der Waals surface area (Å²) in [5.41, 5.74) is 2.85. The molecule has 0 aliphatic carbocycles. The van der Waals surface area contributed by atoms with Gasteiger partial charge in [0.05, 0.1) is 0 Å². The molecule has 1 aromatic carbocycles. The Labute approximate surface area is 95.0 Å². The van der Waals surface area contributed by atoms with Gasteiger partial charge in [-0.05, 0) is 24.0 Å². The lowest BCUT2D eigenvalue weighted by Crippen LogP contribution is -1.86. The number of hydrogen-bond acceptors (Lipinski definition) is 0. The summed E-state index contributed by atoms with van der Waals surface area (Å²) in [6, 6.07) is 8.64. The van der Waals surface area contributed by atoms with Crippen LogP contribution >= 0.6 is 0 Å². The molecule has 0 aliphatic rings. The first-order valence-electron chi connectivity index (χ1n) is 6.13. The highest BCUT2D eigenvalue weighted by atomic mass is 14.0. The van der Waals surface area contributed by atoms with Gasteiger partial charge in [-0.3, -0.25) is 0 Å². The fourth-order valence-corrected chi connectivity index (χ4v) is 1.44. The lowest BCUT2D eigenvalue weighted by molar-refractivity contribution is 0.919. The fourth-order valence-electron chi connectivity index (χ4n) is 1.44. The summed E-state index contributed by atoms with van der Waals surface area (Å²) < 4.78 is 0. The van der Waals surface area contributed by atoms with E-state index in [4.69, 9.17) is 0 Å². The molecule has 0 unspecified atom stereocenters. The quantitative estimate of drug-likeness (QED) is 0.641. The molecule has 0 nitrogen and oxygen atoms in total. The zero-order valence-corrected chi connectivity index (χ0v) is 10.6. The van der Waals surface area contributed by atoms with E-state index in [0.29, 0.717) is 0 Å². The second kappa shape index (κ2) is 9.51. The Balaban J connectivity index is 0.000000921. The van der Waals surface area contributed by atoms with Crippen LogP contribution in [0.15, 0.2) is 30.3 Å². The Morgan fingerprint density at radius 2 is 1.73 bits per heavy atom. The van der Waals surface area contributed by atoms with Crippen molar-refractivity contribution in [2.75, 3.05) is 0 Å². The number of rotatable bonds is 4. The van der Waals surface area contributed by atoms with Crippen LogP contribution in [0.25, 0.3) is 6.08 Å². The van der Waals surface area contributed by atoms with E-state index in [1.807, 2.05) is 13.8 Å². The molecular formula is C15H24. The fraction of sp³-hybridized carbons (Fsp3) is 0.467. The third-order valence-electron chi connectivity index (χ3n) is 2.11. The van der Waals surface area contributed by atoms with Crippen molar-refractivity contribution >= 4 is 6.08 Å². The molecule has 0 aliphatic heterocycles. The first-order chi connectivity index (χ1) is 7.38. The van der Waals surface area contributed by atoms with Gasteiger partial charge in [-0.2, -0.15) is 0 Å². The summed E-state index contributed by atoms with van der Waals surface area (Å²) in [5.74, 6) is 0. The van der Waals surface area contributed by atoms with E-state index >= 15 is 0 Å². The molecule has 0 atom stereocenters. The van der Waals surface area contributed by atoms with E-state index in [-0.39, 0.29) is 0 Å². The van der Waals surface area contributed by atoms with Crippen molar-refractivity contribution in [2.24, 2.45) is 0 Å². The highest BCUT2D eigenvalue weighted by Crippen LogP contribution is 2.12. The van der Waals surface area contributed by atoms with Gasteiger partial charge in [0.2, 0.25) is 0 Å². The summed E-state index contributed by atoms with van der Waals surface area (Å²) in [6.45, 7) is 8.39. The molecular weight excluding hydrogens is 180 g/mol. The van der Waals surface area contributed by atoms with Crippen molar-refractivity contribution in [3.05, 3.63) is 41.5 Å². The highest BCUT2D eigenvalue weighted by Gasteiger charge is 1.95. The standard InChI is InChI=1S/C13H18.C2H6/c1-3-5-9-13-11-7-6-10-12(13)8-4-2;1-2/h5-7,9-11H,3-4,8H2,1-2H3;1-2H3/b9-5+;. The van der Waals surface area contributed by atoms with Crippen LogP contribution < -0.4 is 0 Å². The van der Waals surface area contributed by atoms with E-state index in [0.717, 1.165) is 6.42 Å². The van der Waals surface area contributed by atoms with E-state index in [1.54, 1.807) is 0 Å². The van der Waals surface area contributed by atoms with Crippen LogP contribution in [0.3, 0.4) is 0 Å². The van der Waals surface area contributed by atoms with E-state index < -0.39 is 0 Å². The summed E-state index contributed by atoms with van der Waals surface area (Å²) >= 11 is 0. The third kappa shape index (κ3) is 5.41.